The van der Waals surface area contributed by atoms with Gasteiger partial charge >= 0.3 is 0 Å². The lowest BCUT2D eigenvalue weighted by atomic mass is 10.3. The monoisotopic (exact) mass is 296 g/mol. The van der Waals surface area contributed by atoms with Gasteiger partial charge in [-0.2, -0.15) is 0 Å². The Bertz CT molecular complexity index is 522. The molecule has 0 aliphatic heterocycles. The van der Waals surface area contributed by atoms with Crippen LogP contribution in [0.15, 0.2) is 39.3 Å². The van der Waals surface area contributed by atoms with Gasteiger partial charge in [0.2, 0.25) is 5.76 Å². The number of carbonyl (C=O) groups excluding carboxylic acids is 1. The van der Waals surface area contributed by atoms with Gasteiger partial charge in [0.05, 0.1) is 13.2 Å². The standard InChI is InChI=1S/C11H9BrN2O3/c1-16-10-6-9(17-14-10)11(15)13-8-4-2-7(12)3-5-8/h2-6H,1H3,(H,13,15). The van der Waals surface area contributed by atoms with Crippen molar-refractivity contribution >= 4 is 27.5 Å². The third-order valence-corrected chi connectivity index (χ3v) is 2.55. The normalized spacial score (nSPS) is 10.0. The molecule has 0 aliphatic carbocycles. The Labute approximate surface area is 106 Å². The van der Waals surface area contributed by atoms with Gasteiger partial charge in [0.1, 0.15) is 0 Å². The first-order chi connectivity index (χ1) is 8.19. The number of hydrogen-bond acceptors (Lipinski definition) is 4. The second-order valence-electron chi connectivity index (χ2n) is 3.19. The van der Waals surface area contributed by atoms with E-state index in [4.69, 9.17) is 9.26 Å². The van der Waals surface area contributed by atoms with Crippen LogP contribution in [0.25, 0.3) is 0 Å². The minimum Gasteiger partial charge on any atom is -0.479 e. The van der Waals surface area contributed by atoms with E-state index in [0.717, 1.165) is 4.47 Å². The number of amides is 1. The molecule has 0 bridgehead atoms. The fraction of sp³-hybridized carbons (Fsp3) is 0.0909. The van der Waals surface area contributed by atoms with Crippen molar-refractivity contribution in [3.8, 4) is 5.88 Å². The molecule has 2 rings (SSSR count). The van der Waals surface area contributed by atoms with E-state index in [9.17, 15) is 4.79 Å². The number of hydrogen-bond donors (Lipinski definition) is 1. The summed E-state index contributed by atoms with van der Waals surface area (Å²) in [6.45, 7) is 0. The highest BCUT2D eigenvalue weighted by Gasteiger charge is 2.13. The third kappa shape index (κ3) is 2.85. The molecule has 6 heteroatoms. The Morgan fingerprint density at radius 3 is 2.71 bits per heavy atom. The van der Waals surface area contributed by atoms with Crippen LogP contribution in [0.5, 0.6) is 5.88 Å². The van der Waals surface area contributed by atoms with E-state index in [1.54, 1.807) is 12.1 Å². The van der Waals surface area contributed by atoms with Crippen molar-refractivity contribution in [3.05, 3.63) is 40.6 Å². The van der Waals surface area contributed by atoms with E-state index in [2.05, 4.69) is 26.4 Å². The van der Waals surface area contributed by atoms with E-state index in [1.807, 2.05) is 12.1 Å². The number of rotatable bonds is 3. The van der Waals surface area contributed by atoms with Crippen molar-refractivity contribution in [2.45, 2.75) is 0 Å². The Morgan fingerprint density at radius 2 is 2.12 bits per heavy atom. The summed E-state index contributed by atoms with van der Waals surface area (Å²) >= 11 is 3.31. The molecule has 0 aliphatic rings. The summed E-state index contributed by atoms with van der Waals surface area (Å²) < 4.78 is 10.6. The molecule has 0 spiro atoms. The number of benzene rings is 1. The van der Waals surface area contributed by atoms with Crippen molar-refractivity contribution < 1.29 is 14.1 Å². The van der Waals surface area contributed by atoms with Gasteiger partial charge in [-0.3, -0.25) is 4.79 Å². The molecule has 17 heavy (non-hydrogen) atoms. The van der Waals surface area contributed by atoms with Crippen LogP contribution < -0.4 is 10.1 Å². The summed E-state index contributed by atoms with van der Waals surface area (Å²) in [4.78, 5) is 11.7. The quantitative estimate of drug-likeness (QED) is 0.946. The zero-order valence-electron chi connectivity index (χ0n) is 8.94. The van der Waals surface area contributed by atoms with Crippen molar-refractivity contribution in [2.24, 2.45) is 0 Å². The van der Waals surface area contributed by atoms with E-state index in [-0.39, 0.29) is 17.5 Å². The van der Waals surface area contributed by atoms with E-state index in [1.165, 1.54) is 13.2 Å². The van der Waals surface area contributed by atoms with Crippen LogP contribution in [0.1, 0.15) is 10.6 Å². The summed E-state index contributed by atoms with van der Waals surface area (Å²) in [6, 6.07) is 8.63. The van der Waals surface area contributed by atoms with Gasteiger partial charge in [0, 0.05) is 10.2 Å². The summed E-state index contributed by atoms with van der Waals surface area (Å²) in [6.07, 6.45) is 0. The van der Waals surface area contributed by atoms with Gasteiger partial charge in [-0.1, -0.05) is 15.9 Å². The van der Waals surface area contributed by atoms with E-state index >= 15 is 0 Å². The topological polar surface area (TPSA) is 64.4 Å². The lowest BCUT2D eigenvalue weighted by Gasteiger charge is -2.01. The summed E-state index contributed by atoms with van der Waals surface area (Å²) in [5.74, 6) is -0.00107. The van der Waals surface area contributed by atoms with Crippen LogP contribution in [-0.4, -0.2) is 18.2 Å². The molecule has 1 aromatic carbocycles. The Balaban J connectivity index is 2.08. The molecular weight excluding hydrogens is 288 g/mol. The molecule has 0 fully saturated rings. The molecule has 1 heterocycles. The van der Waals surface area contributed by atoms with Gasteiger partial charge in [-0.25, -0.2) is 0 Å². The van der Waals surface area contributed by atoms with Crippen molar-refractivity contribution in [2.75, 3.05) is 12.4 Å². The van der Waals surface area contributed by atoms with Gasteiger partial charge in [0.15, 0.2) is 0 Å². The molecule has 1 amide bonds. The van der Waals surface area contributed by atoms with Crippen molar-refractivity contribution in [1.29, 1.82) is 0 Å². The second kappa shape index (κ2) is 5.01. The Hall–Kier alpha value is -1.82. The highest BCUT2D eigenvalue weighted by Crippen LogP contribution is 2.16. The second-order valence-corrected chi connectivity index (χ2v) is 4.11. The molecule has 0 saturated heterocycles. The molecule has 2 aromatic rings. The van der Waals surface area contributed by atoms with Crippen LogP contribution in [0.4, 0.5) is 5.69 Å². The van der Waals surface area contributed by atoms with E-state index < -0.39 is 0 Å². The number of anilines is 1. The van der Waals surface area contributed by atoms with Gasteiger partial charge in [-0.15, -0.1) is 0 Å². The van der Waals surface area contributed by atoms with Crippen LogP contribution in [0.3, 0.4) is 0 Å². The lowest BCUT2D eigenvalue weighted by Crippen LogP contribution is -2.10. The lowest BCUT2D eigenvalue weighted by molar-refractivity contribution is 0.0987. The first-order valence-corrected chi connectivity index (χ1v) is 5.56. The maximum Gasteiger partial charge on any atom is 0.294 e. The maximum atomic E-state index is 11.7. The number of methoxy groups -OCH3 is 1. The zero-order chi connectivity index (χ0) is 12.3. The van der Waals surface area contributed by atoms with Gasteiger partial charge < -0.3 is 14.6 Å². The highest BCUT2D eigenvalue weighted by atomic mass is 79.9. The summed E-state index contributed by atoms with van der Waals surface area (Å²) in [7, 11) is 1.45. The minimum absolute atomic E-state index is 0.102. The predicted molar refractivity (Wildman–Crippen MR) is 65.2 cm³/mol. The van der Waals surface area contributed by atoms with Crippen LogP contribution >= 0.6 is 15.9 Å². The van der Waals surface area contributed by atoms with Gasteiger partial charge in [0.25, 0.3) is 11.8 Å². The number of ether oxygens (including phenoxy) is 1. The number of carbonyl (C=O) groups is 1. The van der Waals surface area contributed by atoms with Gasteiger partial charge in [-0.05, 0) is 29.4 Å². The number of nitrogens with zero attached hydrogens (tertiary/aromatic N) is 1. The summed E-state index contributed by atoms with van der Waals surface area (Å²) in [5.41, 5.74) is 0.675. The SMILES string of the molecule is COc1cc(C(=O)Nc2ccc(Br)cc2)on1. The summed E-state index contributed by atoms with van der Waals surface area (Å²) in [5, 5.41) is 6.22. The third-order valence-electron chi connectivity index (χ3n) is 2.02. The molecule has 5 nitrogen and oxygen atoms in total. The highest BCUT2D eigenvalue weighted by molar-refractivity contribution is 9.10. The average Bonchev–Trinajstić information content (AvgIpc) is 2.81. The molecule has 0 saturated carbocycles. The number of aromatic nitrogens is 1. The molecule has 1 aromatic heterocycles. The van der Waals surface area contributed by atoms with Crippen LogP contribution in [-0.2, 0) is 0 Å². The fourth-order valence-corrected chi connectivity index (χ4v) is 1.45. The Kier molecular flexibility index (Phi) is 3.43. The molecule has 0 radical (unpaired) electrons. The van der Waals surface area contributed by atoms with Crippen molar-refractivity contribution in [1.82, 2.24) is 5.16 Å². The largest absolute Gasteiger partial charge is 0.479 e. The molecule has 1 N–H and O–H groups in total. The van der Waals surface area contributed by atoms with Crippen LogP contribution in [0.2, 0.25) is 0 Å². The predicted octanol–water partition coefficient (Wildman–Crippen LogP) is 2.70. The number of nitrogens with one attached hydrogen (secondary N) is 1. The average molecular weight is 297 g/mol. The maximum absolute atomic E-state index is 11.7. The zero-order valence-corrected chi connectivity index (χ0v) is 10.5. The van der Waals surface area contributed by atoms with Crippen LogP contribution in [0, 0.1) is 0 Å². The first-order valence-electron chi connectivity index (χ1n) is 4.76. The first kappa shape index (κ1) is 11.7. The molecular formula is C11H9BrN2O3. The molecule has 0 atom stereocenters. The number of halogens is 1. The molecule has 0 unspecified atom stereocenters. The minimum atomic E-state index is -0.372. The molecule has 88 valence electrons. The van der Waals surface area contributed by atoms with E-state index in [0.29, 0.717) is 5.69 Å². The smallest absolute Gasteiger partial charge is 0.294 e. The van der Waals surface area contributed by atoms with Crippen molar-refractivity contribution in [3.63, 3.8) is 0 Å². The Morgan fingerprint density at radius 1 is 1.41 bits per heavy atom. The fourth-order valence-electron chi connectivity index (χ4n) is 1.19.